The molecule has 0 radical (unpaired) electrons. The van der Waals surface area contributed by atoms with Crippen molar-refractivity contribution < 1.29 is 8.42 Å². The van der Waals surface area contributed by atoms with Crippen molar-refractivity contribution in [3.05, 3.63) is 64.7 Å². The Kier molecular flexibility index (Phi) is 8.11. The molecule has 0 atom stereocenters. The van der Waals surface area contributed by atoms with E-state index < -0.39 is 9.84 Å². The Morgan fingerprint density at radius 2 is 1.72 bits per heavy atom. The standard InChI is InChI=1S/C22H30ClN3O2S/c1-5-24-21(26-16-22(2,3)19-8-6-7-9-20(19)23)25-15-14-17-10-12-18(13-11-17)29(4,27)28/h6-13H,5,14-16H2,1-4H3,(H2,24,25,26). The molecule has 0 heterocycles. The number of hydrogen-bond acceptors (Lipinski definition) is 3. The van der Waals surface area contributed by atoms with Gasteiger partial charge in [0.15, 0.2) is 15.8 Å². The van der Waals surface area contributed by atoms with Crippen LogP contribution in [0.3, 0.4) is 0 Å². The van der Waals surface area contributed by atoms with E-state index in [0.29, 0.717) is 18.0 Å². The molecule has 0 saturated heterocycles. The van der Waals surface area contributed by atoms with Crippen molar-refractivity contribution in [3.63, 3.8) is 0 Å². The minimum atomic E-state index is -3.16. The summed E-state index contributed by atoms with van der Waals surface area (Å²) in [6.07, 6.45) is 1.98. The number of benzene rings is 2. The molecule has 7 heteroatoms. The molecule has 0 aliphatic carbocycles. The number of nitrogens with zero attached hydrogens (tertiary/aromatic N) is 1. The molecule has 0 aromatic heterocycles. The van der Waals surface area contributed by atoms with Gasteiger partial charge in [-0.25, -0.2) is 8.42 Å². The van der Waals surface area contributed by atoms with Gasteiger partial charge in [0, 0.05) is 29.8 Å². The maximum absolute atomic E-state index is 11.6. The van der Waals surface area contributed by atoms with Crippen LogP contribution in [-0.4, -0.2) is 40.3 Å². The van der Waals surface area contributed by atoms with E-state index in [2.05, 4.69) is 24.5 Å². The minimum Gasteiger partial charge on any atom is -0.357 e. The van der Waals surface area contributed by atoms with Gasteiger partial charge in [-0.2, -0.15) is 0 Å². The normalized spacial score (nSPS) is 12.7. The Morgan fingerprint density at radius 3 is 2.31 bits per heavy atom. The highest BCUT2D eigenvalue weighted by atomic mass is 35.5. The number of aliphatic imine (C=N–C) groups is 1. The van der Waals surface area contributed by atoms with Gasteiger partial charge >= 0.3 is 0 Å². The van der Waals surface area contributed by atoms with Crippen LogP contribution in [0.2, 0.25) is 5.02 Å². The molecule has 0 spiro atoms. The largest absolute Gasteiger partial charge is 0.357 e. The minimum absolute atomic E-state index is 0.192. The van der Waals surface area contributed by atoms with Gasteiger partial charge in [-0.1, -0.05) is 55.8 Å². The second kappa shape index (κ2) is 10.1. The lowest BCUT2D eigenvalue weighted by atomic mass is 9.85. The molecule has 2 aromatic carbocycles. The molecule has 0 bridgehead atoms. The lowest BCUT2D eigenvalue weighted by molar-refractivity contribution is 0.537. The van der Waals surface area contributed by atoms with Crippen LogP contribution in [0, 0.1) is 0 Å². The van der Waals surface area contributed by atoms with E-state index in [1.165, 1.54) is 6.26 Å². The molecule has 0 saturated carbocycles. The summed E-state index contributed by atoms with van der Waals surface area (Å²) < 4.78 is 23.1. The smallest absolute Gasteiger partial charge is 0.191 e. The fourth-order valence-corrected chi connectivity index (χ4v) is 3.96. The molecule has 5 nitrogen and oxygen atoms in total. The van der Waals surface area contributed by atoms with Crippen LogP contribution in [-0.2, 0) is 21.7 Å². The topological polar surface area (TPSA) is 70.6 Å². The van der Waals surface area contributed by atoms with Crippen LogP contribution < -0.4 is 10.6 Å². The Bertz CT molecular complexity index is 939. The predicted octanol–water partition coefficient (Wildman–Crippen LogP) is 3.82. The lowest BCUT2D eigenvalue weighted by Crippen LogP contribution is -2.39. The van der Waals surface area contributed by atoms with Gasteiger partial charge in [0.1, 0.15) is 0 Å². The van der Waals surface area contributed by atoms with Gasteiger partial charge in [0.05, 0.1) is 11.4 Å². The van der Waals surface area contributed by atoms with Gasteiger partial charge in [-0.15, -0.1) is 0 Å². The van der Waals surface area contributed by atoms with Crippen molar-refractivity contribution in [1.29, 1.82) is 0 Å². The third-order valence-corrected chi connectivity index (χ3v) is 6.10. The first kappa shape index (κ1) is 23.2. The molecule has 29 heavy (non-hydrogen) atoms. The summed E-state index contributed by atoms with van der Waals surface area (Å²) in [6, 6.07) is 14.9. The van der Waals surface area contributed by atoms with Gasteiger partial charge < -0.3 is 10.6 Å². The van der Waals surface area contributed by atoms with Crippen LogP contribution >= 0.6 is 11.6 Å². The number of nitrogens with one attached hydrogen (secondary N) is 2. The number of hydrogen-bond donors (Lipinski definition) is 2. The van der Waals surface area contributed by atoms with E-state index >= 15 is 0 Å². The van der Waals surface area contributed by atoms with Crippen molar-refractivity contribution in [2.45, 2.75) is 37.5 Å². The number of halogens is 1. The summed E-state index contributed by atoms with van der Waals surface area (Å²) >= 11 is 6.36. The third kappa shape index (κ3) is 7.05. The first-order valence-electron chi connectivity index (χ1n) is 9.69. The Morgan fingerprint density at radius 1 is 1.07 bits per heavy atom. The highest BCUT2D eigenvalue weighted by Gasteiger charge is 2.23. The van der Waals surface area contributed by atoms with Crippen molar-refractivity contribution in [1.82, 2.24) is 10.6 Å². The van der Waals surface area contributed by atoms with E-state index in [9.17, 15) is 8.42 Å². The molecule has 0 unspecified atom stereocenters. The highest BCUT2D eigenvalue weighted by molar-refractivity contribution is 7.90. The molecular formula is C22H30ClN3O2S. The molecule has 0 aliphatic rings. The summed E-state index contributed by atoms with van der Waals surface area (Å²) in [5, 5.41) is 7.36. The van der Waals surface area contributed by atoms with Crippen LogP contribution in [0.25, 0.3) is 0 Å². The van der Waals surface area contributed by atoms with Crippen molar-refractivity contribution >= 4 is 27.4 Å². The van der Waals surface area contributed by atoms with Crippen molar-refractivity contribution in [3.8, 4) is 0 Å². The van der Waals surface area contributed by atoms with E-state index in [-0.39, 0.29) is 5.41 Å². The quantitative estimate of drug-likeness (QED) is 0.488. The Balaban J connectivity index is 1.98. The van der Waals surface area contributed by atoms with Gasteiger partial charge in [0.25, 0.3) is 0 Å². The highest BCUT2D eigenvalue weighted by Crippen LogP contribution is 2.29. The molecular weight excluding hydrogens is 406 g/mol. The van der Waals surface area contributed by atoms with Crippen LogP contribution in [0.15, 0.2) is 58.4 Å². The van der Waals surface area contributed by atoms with Gasteiger partial charge in [-0.3, -0.25) is 4.99 Å². The number of sulfone groups is 1. The fraction of sp³-hybridized carbons (Fsp3) is 0.409. The van der Waals surface area contributed by atoms with Crippen LogP contribution in [0.5, 0.6) is 0 Å². The zero-order valence-electron chi connectivity index (χ0n) is 17.5. The number of rotatable bonds is 8. The summed E-state index contributed by atoms with van der Waals surface area (Å²) in [4.78, 5) is 5.08. The molecule has 2 rings (SSSR count). The predicted molar refractivity (Wildman–Crippen MR) is 122 cm³/mol. The molecule has 158 valence electrons. The molecule has 2 N–H and O–H groups in total. The Hall–Kier alpha value is -2.05. The zero-order valence-corrected chi connectivity index (χ0v) is 19.1. The molecule has 0 aliphatic heterocycles. The average Bonchev–Trinajstić information content (AvgIpc) is 2.66. The van der Waals surface area contributed by atoms with E-state index in [1.807, 2.05) is 43.3 Å². The van der Waals surface area contributed by atoms with Crippen LogP contribution in [0.4, 0.5) is 0 Å². The molecule has 0 amide bonds. The SMILES string of the molecule is CCNC(=NCC(C)(C)c1ccccc1Cl)NCCc1ccc(S(C)(=O)=O)cc1. The fourth-order valence-electron chi connectivity index (χ4n) is 2.94. The van der Waals surface area contributed by atoms with E-state index in [1.54, 1.807) is 12.1 Å². The van der Waals surface area contributed by atoms with Crippen molar-refractivity contribution in [2.75, 3.05) is 25.9 Å². The van der Waals surface area contributed by atoms with Gasteiger partial charge in [-0.05, 0) is 42.7 Å². The summed E-state index contributed by atoms with van der Waals surface area (Å²) in [5.74, 6) is 0.750. The maximum Gasteiger partial charge on any atom is 0.191 e. The molecule has 0 fully saturated rings. The van der Waals surface area contributed by atoms with E-state index in [0.717, 1.165) is 35.1 Å². The Labute approximate surface area is 179 Å². The zero-order chi connectivity index (χ0) is 21.5. The first-order valence-corrected chi connectivity index (χ1v) is 12.0. The second-order valence-electron chi connectivity index (χ2n) is 7.65. The van der Waals surface area contributed by atoms with Gasteiger partial charge in [0.2, 0.25) is 0 Å². The van der Waals surface area contributed by atoms with Crippen LogP contribution in [0.1, 0.15) is 31.9 Å². The summed E-state index contributed by atoms with van der Waals surface area (Å²) in [5.41, 5.74) is 1.95. The van der Waals surface area contributed by atoms with E-state index in [4.69, 9.17) is 16.6 Å². The first-order chi connectivity index (χ1) is 13.6. The summed E-state index contributed by atoms with van der Waals surface area (Å²) in [6.45, 7) is 8.34. The lowest BCUT2D eigenvalue weighted by Gasteiger charge is -2.25. The number of guanidine groups is 1. The molecule has 2 aromatic rings. The monoisotopic (exact) mass is 435 g/mol. The maximum atomic E-state index is 11.6. The second-order valence-corrected chi connectivity index (χ2v) is 10.1. The van der Waals surface area contributed by atoms with Crippen molar-refractivity contribution in [2.24, 2.45) is 4.99 Å². The third-order valence-electron chi connectivity index (χ3n) is 4.64. The summed E-state index contributed by atoms with van der Waals surface area (Å²) in [7, 11) is -3.16. The average molecular weight is 436 g/mol.